The van der Waals surface area contributed by atoms with Crippen LogP contribution in [0.5, 0.6) is 5.75 Å². The lowest BCUT2D eigenvalue weighted by Gasteiger charge is -2.31. The van der Waals surface area contributed by atoms with E-state index in [4.69, 9.17) is 14.7 Å². The van der Waals surface area contributed by atoms with E-state index in [1.807, 2.05) is 0 Å². The van der Waals surface area contributed by atoms with Gasteiger partial charge in [0.2, 0.25) is 0 Å². The van der Waals surface area contributed by atoms with Gasteiger partial charge in [0.05, 0.1) is 12.7 Å². The smallest absolute Gasteiger partial charge is 0.156 e. The number of fused-ring (bicyclic) bond motifs is 1. The molecule has 0 aromatic heterocycles. The van der Waals surface area contributed by atoms with E-state index in [2.05, 4.69) is 11.0 Å². The van der Waals surface area contributed by atoms with Crippen LogP contribution in [0.2, 0.25) is 0 Å². The van der Waals surface area contributed by atoms with Gasteiger partial charge in [0.25, 0.3) is 0 Å². The van der Waals surface area contributed by atoms with Crippen molar-refractivity contribution >= 4 is 0 Å². The first kappa shape index (κ1) is 12.4. The quantitative estimate of drug-likeness (QED) is 0.807. The fourth-order valence-electron chi connectivity index (χ4n) is 2.63. The molecular weight excluding hydrogens is 247 g/mol. The molecule has 4 nitrogen and oxygen atoms in total. The molecule has 0 saturated carbocycles. The molecular formula is C14H15FN2O2. The molecule has 2 heterocycles. The first-order valence-corrected chi connectivity index (χ1v) is 6.43. The van der Waals surface area contributed by atoms with Gasteiger partial charge in [-0.25, -0.2) is 4.39 Å². The van der Waals surface area contributed by atoms with Crippen LogP contribution in [-0.4, -0.2) is 43.3 Å². The molecule has 2 atom stereocenters. The van der Waals surface area contributed by atoms with Crippen molar-refractivity contribution in [3.63, 3.8) is 0 Å². The Bertz CT molecular complexity index is 515. The van der Waals surface area contributed by atoms with Gasteiger partial charge in [-0.1, -0.05) is 0 Å². The summed E-state index contributed by atoms with van der Waals surface area (Å²) in [5.74, 6) is 0.551. The van der Waals surface area contributed by atoms with Crippen LogP contribution in [0.25, 0.3) is 0 Å². The van der Waals surface area contributed by atoms with Crippen LogP contribution >= 0.6 is 0 Å². The zero-order valence-corrected chi connectivity index (χ0v) is 10.5. The largest absolute Gasteiger partial charge is 0.488 e. The van der Waals surface area contributed by atoms with Crippen molar-refractivity contribution in [1.29, 1.82) is 5.26 Å². The SMILES string of the molecule is N#CC1CN(CC2Cc3cc(F)ccc3O2)CCO1. The normalized spacial score (nSPS) is 26.5. The molecule has 100 valence electrons. The molecule has 1 fully saturated rings. The zero-order chi connectivity index (χ0) is 13.2. The Morgan fingerprint density at radius 1 is 1.47 bits per heavy atom. The molecule has 0 aliphatic carbocycles. The first-order valence-electron chi connectivity index (χ1n) is 6.43. The van der Waals surface area contributed by atoms with Crippen molar-refractivity contribution in [3.8, 4) is 11.8 Å². The lowest BCUT2D eigenvalue weighted by molar-refractivity contribution is -0.0105. The number of rotatable bonds is 2. The summed E-state index contributed by atoms with van der Waals surface area (Å²) in [7, 11) is 0. The summed E-state index contributed by atoms with van der Waals surface area (Å²) in [6.07, 6.45) is 0.408. The Morgan fingerprint density at radius 2 is 2.37 bits per heavy atom. The van der Waals surface area contributed by atoms with Crippen molar-refractivity contribution in [2.45, 2.75) is 18.6 Å². The Balaban J connectivity index is 1.60. The minimum absolute atomic E-state index is 0.0363. The minimum Gasteiger partial charge on any atom is -0.488 e. The van der Waals surface area contributed by atoms with Gasteiger partial charge in [-0.2, -0.15) is 5.26 Å². The van der Waals surface area contributed by atoms with Gasteiger partial charge in [0.15, 0.2) is 6.10 Å². The molecule has 2 aliphatic heterocycles. The molecule has 0 spiro atoms. The van der Waals surface area contributed by atoms with Crippen LogP contribution in [0.15, 0.2) is 18.2 Å². The Labute approximate surface area is 111 Å². The molecule has 0 bridgehead atoms. The number of morpholine rings is 1. The summed E-state index contributed by atoms with van der Waals surface area (Å²) in [4.78, 5) is 2.17. The van der Waals surface area contributed by atoms with Gasteiger partial charge in [-0.15, -0.1) is 0 Å². The van der Waals surface area contributed by atoms with Crippen LogP contribution in [0.1, 0.15) is 5.56 Å². The summed E-state index contributed by atoms with van der Waals surface area (Å²) >= 11 is 0. The second kappa shape index (κ2) is 5.16. The summed E-state index contributed by atoms with van der Waals surface area (Å²) in [6, 6.07) is 6.76. The molecule has 3 rings (SSSR count). The van der Waals surface area contributed by atoms with Crippen molar-refractivity contribution in [1.82, 2.24) is 4.90 Å². The minimum atomic E-state index is -0.352. The molecule has 1 saturated heterocycles. The van der Waals surface area contributed by atoms with E-state index >= 15 is 0 Å². The van der Waals surface area contributed by atoms with Gasteiger partial charge < -0.3 is 9.47 Å². The van der Waals surface area contributed by atoms with Gasteiger partial charge in [-0.3, -0.25) is 4.90 Å². The summed E-state index contributed by atoms with van der Waals surface area (Å²) in [6.45, 7) is 2.74. The maximum atomic E-state index is 13.1. The predicted molar refractivity (Wildman–Crippen MR) is 66.3 cm³/mol. The molecule has 2 aliphatic rings. The summed E-state index contributed by atoms with van der Waals surface area (Å²) < 4.78 is 24.2. The van der Waals surface area contributed by atoms with E-state index in [0.717, 1.165) is 30.8 Å². The Kier molecular flexibility index (Phi) is 3.36. The molecule has 5 heteroatoms. The third kappa shape index (κ3) is 2.70. The second-order valence-corrected chi connectivity index (χ2v) is 4.94. The predicted octanol–water partition coefficient (Wildman–Crippen LogP) is 1.35. The third-order valence-corrected chi connectivity index (χ3v) is 3.52. The van der Waals surface area contributed by atoms with E-state index in [-0.39, 0.29) is 18.0 Å². The Hall–Kier alpha value is -1.64. The van der Waals surface area contributed by atoms with Crippen molar-refractivity contribution in [2.75, 3.05) is 26.2 Å². The topological polar surface area (TPSA) is 45.5 Å². The number of halogens is 1. The fourth-order valence-corrected chi connectivity index (χ4v) is 2.63. The lowest BCUT2D eigenvalue weighted by atomic mass is 10.1. The number of nitriles is 1. The number of hydrogen-bond donors (Lipinski definition) is 0. The fraction of sp³-hybridized carbons (Fsp3) is 0.500. The van der Waals surface area contributed by atoms with Crippen LogP contribution < -0.4 is 4.74 Å². The van der Waals surface area contributed by atoms with E-state index in [0.29, 0.717) is 13.2 Å². The molecule has 2 unspecified atom stereocenters. The number of benzene rings is 1. The van der Waals surface area contributed by atoms with E-state index in [9.17, 15) is 4.39 Å². The van der Waals surface area contributed by atoms with Crippen molar-refractivity contribution in [3.05, 3.63) is 29.6 Å². The maximum absolute atomic E-state index is 13.1. The monoisotopic (exact) mass is 262 g/mol. The maximum Gasteiger partial charge on any atom is 0.156 e. The summed E-state index contributed by atoms with van der Waals surface area (Å²) in [5, 5.41) is 8.87. The third-order valence-electron chi connectivity index (χ3n) is 3.52. The van der Waals surface area contributed by atoms with Gasteiger partial charge >= 0.3 is 0 Å². The van der Waals surface area contributed by atoms with Gasteiger partial charge in [-0.05, 0) is 18.2 Å². The highest BCUT2D eigenvalue weighted by molar-refractivity contribution is 5.37. The first-order chi connectivity index (χ1) is 9.24. The molecule has 1 aromatic rings. The lowest BCUT2D eigenvalue weighted by Crippen LogP contribution is -2.45. The number of ether oxygens (including phenoxy) is 2. The number of hydrogen-bond acceptors (Lipinski definition) is 4. The highest BCUT2D eigenvalue weighted by atomic mass is 19.1. The van der Waals surface area contributed by atoms with E-state index in [1.54, 1.807) is 6.07 Å². The Morgan fingerprint density at radius 3 is 3.21 bits per heavy atom. The van der Waals surface area contributed by atoms with Gasteiger partial charge in [0.1, 0.15) is 17.7 Å². The zero-order valence-electron chi connectivity index (χ0n) is 10.5. The highest BCUT2D eigenvalue weighted by Crippen LogP contribution is 2.29. The average molecular weight is 262 g/mol. The van der Waals surface area contributed by atoms with E-state index in [1.165, 1.54) is 12.1 Å². The summed E-state index contributed by atoms with van der Waals surface area (Å²) in [5.41, 5.74) is 0.926. The highest BCUT2D eigenvalue weighted by Gasteiger charge is 2.28. The number of nitrogens with zero attached hydrogens (tertiary/aromatic N) is 2. The van der Waals surface area contributed by atoms with Crippen LogP contribution in [-0.2, 0) is 11.2 Å². The standard InChI is InChI=1S/C14H15FN2O2/c15-11-1-2-14-10(5-11)6-12(19-14)8-17-3-4-18-13(7-16)9-17/h1-2,5,12-13H,3-4,6,8-9H2. The molecule has 1 aromatic carbocycles. The van der Waals surface area contributed by atoms with Crippen LogP contribution in [0, 0.1) is 17.1 Å². The van der Waals surface area contributed by atoms with Gasteiger partial charge in [0, 0.05) is 31.6 Å². The molecule has 0 radical (unpaired) electrons. The van der Waals surface area contributed by atoms with Crippen molar-refractivity contribution < 1.29 is 13.9 Å². The van der Waals surface area contributed by atoms with E-state index < -0.39 is 0 Å². The molecule has 0 N–H and O–H groups in total. The van der Waals surface area contributed by atoms with Crippen LogP contribution in [0.3, 0.4) is 0 Å². The molecule has 0 amide bonds. The van der Waals surface area contributed by atoms with Crippen molar-refractivity contribution in [2.24, 2.45) is 0 Å². The van der Waals surface area contributed by atoms with Crippen LogP contribution in [0.4, 0.5) is 4.39 Å². The average Bonchev–Trinajstić information content (AvgIpc) is 2.80. The second-order valence-electron chi connectivity index (χ2n) is 4.94. The molecule has 19 heavy (non-hydrogen) atoms.